The van der Waals surface area contributed by atoms with Crippen LogP contribution in [0.3, 0.4) is 0 Å². The fraction of sp³-hybridized carbons (Fsp3) is 0.500. The normalized spacial score (nSPS) is 21.5. The van der Waals surface area contributed by atoms with E-state index in [4.69, 9.17) is 5.11 Å². The van der Waals surface area contributed by atoms with Gasteiger partial charge in [0.15, 0.2) is 9.84 Å². The number of sulfone groups is 1. The summed E-state index contributed by atoms with van der Waals surface area (Å²) in [4.78, 5) is 2.19. The molecule has 1 saturated heterocycles. The number of rotatable bonds is 3. The molecule has 1 aliphatic heterocycles. The molecule has 2 rings (SSSR count). The first-order chi connectivity index (χ1) is 10.0. The van der Waals surface area contributed by atoms with E-state index in [9.17, 15) is 8.42 Å². The van der Waals surface area contributed by atoms with E-state index in [2.05, 4.69) is 16.7 Å². The Labute approximate surface area is 126 Å². The van der Waals surface area contributed by atoms with Crippen molar-refractivity contribution in [1.29, 1.82) is 0 Å². The Morgan fingerprint density at radius 3 is 2.86 bits per heavy atom. The van der Waals surface area contributed by atoms with E-state index in [1.807, 2.05) is 31.2 Å². The number of aliphatic hydroxyl groups is 1. The van der Waals surface area contributed by atoms with Crippen LogP contribution in [-0.2, 0) is 16.4 Å². The molecule has 0 aromatic heterocycles. The minimum atomic E-state index is -2.88. The molecular formula is C16H21NO3S. The molecule has 0 amide bonds. The lowest BCUT2D eigenvalue weighted by molar-refractivity contribution is 0.218. The molecule has 0 bridgehead atoms. The van der Waals surface area contributed by atoms with Crippen molar-refractivity contribution in [3.05, 3.63) is 35.4 Å². The molecule has 114 valence electrons. The molecule has 1 fully saturated rings. The van der Waals surface area contributed by atoms with Crippen LogP contribution in [0.1, 0.15) is 24.5 Å². The summed E-state index contributed by atoms with van der Waals surface area (Å²) in [5, 5.41) is 8.79. The van der Waals surface area contributed by atoms with Crippen molar-refractivity contribution in [3.63, 3.8) is 0 Å². The second-order valence-electron chi connectivity index (χ2n) is 5.37. The summed E-state index contributed by atoms with van der Waals surface area (Å²) in [5.41, 5.74) is 2.06. The number of aliphatic hydroxyl groups excluding tert-OH is 1. The fourth-order valence-electron chi connectivity index (χ4n) is 2.48. The highest BCUT2D eigenvalue weighted by Crippen LogP contribution is 2.17. The van der Waals surface area contributed by atoms with Crippen molar-refractivity contribution >= 4 is 9.84 Å². The third-order valence-corrected chi connectivity index (χ3v) is 5.45. The molecule has 0 aliphatic carbocycles. The average molecular weight is 307 g/mol. The second-order valence-corrected chi connectivity index (χ2v) is 7.60. The lowest BCUT2D eigenvalue weighted by Gasteiger charge is -2.33. The molecule has 4 nitrogen and oxygen atoms in total. The third kappa shape index (κ3) is 4.57. The van der Waals surface area contributed by atoms with E-state index in [0.717, 1.165) is 11.1 Å². The van der Waals surface area contributed by atoms with Gasteiger partial charge < -0.3 is 5.11 Å². The van der Waals surface area contributed by atoms with Crippen LogP contribution >= 0.6 is 0 Å². The molecule has 1 aromatic carbocycles. The van der Waals surface area contributed by atoms with Gasteiger partial charge in [-0.3, -0.25) is 4.90 Å². The standard InChI is InChI=1S/C16H21NO3S/c1-14-13-21(19,20)11-9-17(14)12-16-8-3-2-6-15(16)7-4-5-10-18/h2-3,6,8,14,18H,5,9-13H2,1H3. The second kappa shape index (κ2) is 7.08. The molecule has 0 spiro atoms. The molecule has 1 N–H and O–H groups in total. The molecule has 21 heavy (non-hydrogen) atoms. The highest BCUT2D eigenvalue weighted by Gasteiger charge is 2.28. The summed E-state index contributed by atoms with van der Waals surface area (Å²) < 4.78 is 23.3. The van der Waals surface area contributed by atoms with Crippen molar-refractivity contribution < 1.29 is 13.5 Å². The monoisotopic (exact) mass is 307 g/mol. The zero-order valence-corrected chi connectivity index (χ0v) is 13.1. The molecule has 1 aliphatic rings. The van der Waals surface area contributed by atoms with Gasteiger partial charge in [-0.15, -0.1) is 0 Å². The van der Waals surface area contributed by atoms with E-state index < -0.39 is 9.84 Å². The van der Waals surface area contributed by atoms with Crippen molar-refractivity contribution in [2.24, 2.45) is 0 Å². The maximum atomic E-state index is 11.6. The van der Waals surface area contributed by atoms with Crippen LogP contribution in [0.2, 0.25) is 0 Å². The van der Waals surface area contributed by atoms with Gasteiger partial charge in [0.25, 0.3) is 0 Å². The molecule has 5 heteroatoms. The Bertz CT molecular complexity index is 643. The molecule has 0 radical (unpaired) electrons. The minimum Gasteiger partial charge on any atom is -0.395 e. The Kier molecular flexibility index (Phi) is 5.40. The van der Waals surface area contributed by atoms with Crippen LogP contribution in [0, 0.1) is 11.8 Å². The van der Waals surface area contributed by atoms with E-state index in [-0.39, 0.29) is 24.2 Å². The Morgan fingerprint density at radius 1 is 1.38 bits per heavy atom. The topological polar surface area (TPSA) is 57.6 Å². The molecule has 0 saturated carbocycles. The molecular weight excluding hydrogens is 286 g/mol. The van der Waals surface area contributed by atoms with E-state index >= 15 is 0 Å². The molecule has 1 atom stereocenters. The highest BCUT2D eigenvalue weighted by molar-refractivity contribution is 7.91. The average Bonchev–Trinajstić information content (AvgIpc) is 2.43. The predicted molar refractivity (Wildman–Crippen MR) is 83.5 cm³/mol. The molecule has 1 aromatic rings. The van der Waals surface area contributed by atoms with Crippen LogP contribution in [0.4, 0.5) is 0 Å². The number of benzene rings is 1. The van der Waals surface area contributed by atoms with Crippen molar-refractivity contribution in [3.8, 4) is 11.8 Å². The van der Waals surface area contributed by atoms with Gasteiger partial charge in [0.1, 0.15) is 0 Å². The Hall–Kier alpha value is -1.35. The van der Waals surface area contributed by atoms with Crippen LogP contribution < -0.4 is 0 Å². The lowest BCUT2D eigenvalue weighted by atomic mass is 10.1. The van der Waals surface area contributed by atoms with E-state index in [1.54, 1.807) is 0 Å². The number of hydrogen-bond acceptors (Lipinski definition) is 4. The maximum absolute atomic E-state index is 11.6. The van der Waals surface area contributed by atoms with Crippen LogP contribution in [0.15, 0.2) is 24.3 Å². The fourth-order valence-corrected chi connectivity index (χ4v) is 4.11. The van der Waals surface area contributed by atoms with Crippen LogP contribution in [0.25, 0.3) is 0 Å². The SMILES string of the molecule is CC1CS(=O)(=O)CCN1Cc1ccccc1C#CCCO. The minimum absolute atomic E-state index is 0.0298. The zero-order valence-electron chi connectivity index (χ0n) is 12.2. The number of hydrogen-bond donors (Lipinski definition) is 1. The van der Waals surface area contributed by atoms with Gasteiger partial charge >= 0.3 is 0 Å². The zero-order chi connectivity index (χ0) is 15.3. The molecule has 1 unspecified atom stereocenters. The van der Waals surface area contributed by atoms with Crippen molar-refractivity contribution in [1.82, 2.24) is 4.90 Å². The van der Waals surface area contributed by atoms with Gasteiger partial charge in [-0.25, -0.2) is 8.42 Å². The smallest absolute Gasteiger partial charge is 0.153 e. The Balaban J connectivity index is 2.12. The lowest BCUT2D eigenvalue weighted by Crippen LogP contribution is -2.46. The van der Waals surface area contributed by atoms with E-state index in [1.165, 1.54) is 0 Å². The highest BCUT2D eigenvalue weighted by atomic mass is 32.2. The van der Waals surface area contributed by atoms with E-state index in [0.29, 0.717) is 19.5 Å². The van der Waals surface area contributed by atoms with Gasteiger partial charge in [0, 0.05) is 31.1 Å². The summed E-state index contributed by atoms with van der Waals surface area (Å²) in [6.45, 7) is 3.30. The van der Waals surface area contributed by atoms with Gasteiger partial charge in [-0.05, 0) is 18.6 Å². The first kappa shape index (κ1) is 16.0. The first-order valence-corrected chi connectivity index (χ1v) is 8.96. The summed E-state index contributed by atoms with van der Waals surface area (Å²) in [6.07, 6.45) is 0.465. The third-order valence-electron chi connectivity index (χ3n) is 3.66. The largest absolute Gasteiger partial charge is 0.395 e. The van der Waals surface area contributed by atoms with Gasteiger partial charge in [0.2, 0.25) is 0 Å². The van der Waals surface area contributed by atoms with Crippen molar-refractivity contribution in [2.45, 2.75) is 25.9 Å². The van der Waals surface area contributed by atoms with Gasteiger partial charge in [0.05, 0.1) is 18.1 Å². The van der Waals surface area contributed by atoms with Crippen molar-refractivity contribution in [2.75, 3.05) is 24.7 Å². The first-order valence-electron chi connectivity index (χ1n) is 7.14. The summed E-state index contributed by atoms with van der Waals surface area (Å²) in [5.74, 6) is 6.48. The van der Waals surface area contributed by atoms with Gasteiger partial charge in [-0.2, -0.15) is 0 Å². The van der Waals surface area contributed by atoms with Crippen LogP contribution in [0.5, 0.6) is 0 Å². The predicted octanol–water partition coefficient (Wildman–Crippen LogP) is 1.04. The van der Waals surface area contributed by atoms with Crippen LogP contribution in [-0.4, -0.2) is 49.1 Å². The maximum Gasteiger partial charge on any atom is 0.153 e. The quantitative estimate of drug-likeness (QED) is 0.848. The summed E-state index contributed by atoms with van der Waals surface area (Å²) in [6, 6.07) is 7.93. The van der Waals surface area contributed by atoms with Gasteiger partial charge in [-0.1, -0.05) is 30.0 Å². The summed E-state index contributed by atoms with van der Waals surface area (Å²) in [7, 11) is -2.88. The Morgan fingerprint density at radius 2 is 2.14 bits per heavy atom. The molecule has 1 heterocycles. The number of nitrogens with zero attached hydrogens (tertiary/aromatic N) is 1. The summed E-state index contributed by atoms with van der Waals surface area (Å²) >= 11 is 0.